The van der Waals surface area contributed by atoms with E-state index in [-0.39, 0.29) is 5.91 Å². The molecule has 0 unspecified atom stereocenters. The average molecular weight is 333 g/mol. The first-order chi connectivity index (χ1) is 11.6. The van der Waals surface area contributed by atoms with Crippen molar-refractivity contribution in [1.82, 2.24) is 9.88 Å². The van der Waals surface area contributed by atoms with Gasteiger partial charge in [-0.15, -0.1) is 0 Å². The number of nitrogens with two attached hydrogens (primary N) is 2. The van der Waals surface area contributed by atoms with Gasteiger partial charge < -0.3 is 21.3 Å². The van der Waals surface area contributed by atoms with Crippen LogP contribution in [0.15, 0.2) is 18.3 Å². The Morgan fingerprint density at radius 1 is 1.08 bits per heavy atom. The largest absolute Gasteiger partial charge is 0.365 e. The van der Waals surface area contributed by atoms with E-state index >= 15 is 0 Å². The highest BCUT2D eigenvalue weighted by molar-refractivity contribution is 5.97. The lowest BCUT2D eigenvalue weighted by molar-refractivity contribution is -0.131. The Labute approximate surface area is 143 Å². The second-order valence-electron chi connectivity index (χ2n) is 6.06. The molecule has 132 valence electrons. The zero-order chi connectivity index (χ0) is 17.4. The smallest absolute Gasteiger partial charge is 0.252 e. The number of nitrogens with zero attached hydrogens (tertiary/aromatic N) is 3. The van der Waals surface area contributed by atoms with Gasteiger partial charge in [-0.2, -0.15) is 0 Å². The Balaban J connectivity index is 1.81. The number of rotatable bonds is 8. The van der Waals surface area contributed by atoms with Gasteiger partial charge in [-0.05, 0) is 31.5 Å². The summed E-state index contributed by atoms with van der Waals surface area (Å²) < 4.78 is 0. The van der Waals surface area contributed by atoms with Crippen LogP contribution in [0.3, 0.4) is 0 Å². The number of amides is 2. The number of piperazine rings is 1. The monoisotopic (exact) mass is 333 g/mol. The van der Waals surface area contributed by atoms with Crippen LogP contribution in [0.5, 0.6) is 0 Å². The number of primary amides is 1. The molecule has 1 aromatic heterocycles. The maximum Gasteiger partial charge on any atom is 0.252 e. The normalized spacial score (nSPS) is 14.7. The number of carbonyl (C=O) groups excluding carboxylic acids is 2. The second-order valence-corrected chi connectivity index (χ2v) is 6.06. The Hall–Kier alpha value is -2.15. The van der Waals surface area contributed by atoms with E-state index < -0.39 is 5.91 Å². The number of hydrogen-bond donors (Lipinski definition) is 2. The third-order valence-corrected chi connectivity index (χ3v) is 4.33. The highest BCUT2D eigenvalue weighted by Crippen LogP contribution is 2.19. The highest BCUT2D eigenvalue weighted by Gasteiger charge is 2.23. The molecular formula is C17H27N5O2. The fraction of sp³-hybridized carbons (Fsp3) is 0.588. The zero-order valence-corrected chi connectivity index (χ0v) is 14.1. The second kappa shape index (κ2) is 9.22. The number of pyridine rings is 1. The molecule has 0 spiro atoms. The highest BCUT2D eigenvalue weighted by atomic mass is 16.2. The van der Waals surface area contributed by atoms with Crippen LogP contribution >= 0.6 is 0 Å². The van der Waals surface area contributed by atoms with Crippen LogP contribution in [-0.4, -0.2) is 54.4 Å². The van der Waals surface area contributed by atoms with Crippen LogP contribution in [0, 0.1) is 0 Å². The Morgan fingerprint density at radius 3 is 2.46 bits per heavy atom. The van der Waals surface area contributed by atoms with E-state index in [0.717, 1.165) is 32.2 Å². The van der Waals surface area contributed by atoms with Gasteiger partial charge in [0.25, 0.3) is 5.91 Å². The SMILES string of the molecule is NCCCCCCC(=O)N1CCN(c2ncccc2C(N)=O)CC1. The van der Waals surface area contributed by atoms with Crippen LogP contribution in [0.1, 0.15) is 42.5 Å². The van der Waals surface area contributed by atoms with E-state index in [0.29, 0.717) is 44.0 Å². The van der Waals surface area contributed by atoms with E-state index in [1.165, 1.54) is 0 Å². The molecule has 1 saturated heterocycles. The van der Waals surface area contributed by atoms with Crippen LogP contribution in [0.4, 0.5) is 5.82 Å². The van der Waals surface area contributed by atoms with Gasteiger partial charge in [0.1, 0.15) is 5.82 Å². The molecule has 1 aromatic rings. The lowest BCUT2D eigenvalue weighted by Crippen LogP contribution is -2.49. The summed E-state index contributed by atoms with van der Waals surface area (Å²) in [5.41, 5.74) is 11.3. The molecule has 1 fully saturated rings. The minimum Gasteiger partial charge on any atom is -0.365 e. The van der Waals surface area contributed by atoms with Crippen molar-refractivity contribution in [1.29, 1.82) is 0 Å². The zero-order valence-electron chi connectivity index (χ0n) is 14.1. The van der Waals surface area contributed by atoms with Crippen molar-refractivity contribution in [3.63, 3.8) is 0 Å². The van der Waals surface area contributed by atoms with E-state index in [1.54, 1.807) is 18.3 Å². The quantitative estimate of drug-likeness (QED) is 0.683. The molecule has 0 saturated carbocycles. The summed E-state index contributed by atoms with van der Waals surface area (Å²) in [6, 6.07) is 3.39. The van der Waals surface area contributed by atoms with Gasteiger partial charge >= 0.3 is 0 Å². The standard InChI is InChI=1S/C17H27N5O2/c18-8-4-2-1-3-7-15(23)21-10-12-22(13-11-21)17-14(16(19)24)6-5-9-20-17/h5-6,9H,1-4,7-8,10-13,18H2,(H2,19,24). The number of unbranched alkanes of at least 4 members (excludes halogenated alkanes) is 3. The molecule has 1 aliphatic heterocycles. The molecule has 2 heterocycles. The van der Waals surface area contributed by atoms with Gasteiger partial charge in [0.05, 0.1) is 5.56 Å². The first kappa shape index (κ1) is 18.2. The van der Waals surface area contributed by atoms with Crippen LogP contribution in [-0.2, 0) is 4.79 Å². The van der Waals surface area contributed by atoms with Gasteiger partial charge in [0, 0.05) is 38.8 Å². The molecule has 24 heavy (non-hydrogen) atoms. The summed E-state index contributed by atoms with van der Waals surface area (Å²) >= 11 is 0. The third kappa shape index (κ3) is 4.92. The van der Waals surface area contributed by atoms with E-state index in [4.69, 9.17) is 11.5 Å². The van der Waals surface area contributed by atoms with Gasteiger partial charge in [0.2, 0.25) is 5.91 Å². The van der Waals surface area contributed by atoms with Crippen LogP contribution in [0.25, 0.3) is 0 Å². The number of anilines is 1. The van der Waals surface area contributed by atoms with Crippen molar-refractivity contribution in [3.8, 4) is 0 Å². The minimum atomic E-state index is -0.478. The van der Waals surface area contributed by atoms with Crippen molar-refractivity contribution >= 4 is 17.6 Å². The van der Waals surface area contributed by atoms with Crippen molar-refractivity contribution in [2.75, 3.05) is 37.6 Å². The number of hydrogen-bond acceptors (Lipinski definition) is 5. The maximum absolute atomic E-state index is 12.2. The summed E-state index contributed by atoms with van der Waals surface area (Å²) in [5.74, 6) is 0.339. The molecule has 0 atom stereocenters. The van der Waals surface area contributed by atoms with Gasteiger partial charge in [-0.1, -0.05) is 12.8 Å². The molecule has 7 heteroatoms. The third-order valence-electron chi connectivity index (χ3n) is 4.33. The summed E-state index contributed by atoms with van der Waals surface area (Å²) in [5, 5.41) is 0. The predicted molar refractivity (Wildman–Crippen MR) is 93.7 cm³/mol. The van der Waals surface area contributed by atoms with E-state index in [1.807, 2.05) is 9.80 Å². The molecule has 0 aliphatic carbocycles. The van der Waals surface area contributed by atoms with Crippen molar-refractivity contribution in [3.05, 3.63) is 23.9 Å². The molecule has 7 nitrogen and oxygen atoms in total. The Kier molecular flexibility index (Phi) is 6.99. The van der Waals surface area contributed by atoms with Crippen molar-refractivity contribution in [2.45, 2.75) is 32.1 Å². The van der Waals surface area contributed by atoms with E-state index in [9.17, 15) is 9.59 Å². The predicted octanol–water partition coefficient (Wildman–Crippen LogP) is 0.738. The molecule has 2 rings (SSSR count). The van der Waals surface area contributed by atoms with Crippen molar-refractivity contribution in [2.24, 2.45) is 11.5 Å². The minimum absolute atomic E-state index is 0.207. The van der Waals surface area contributed by atoms with Crippen LogP contribution < -0.4 is 16.4 Å². The lowest BCUT2D eigenvalue weighted by Gasteiger charge is -2.36. The molecule has 0 radical (unpaired) electrons. The van der Waals surface area contributed by atoms with E-state index in [2.05, 4.69) is 4.98 Å². The Bertz CT molecular complexity index is 556. The molecule has 1 aliphatic rings. The number of aromatic nitrogens is 1. The fourth-order valence-electron chi connectivity index (χ4n) is 2.94. The molecule has 0 aromatic carbocycles. The van der Waals surface area contributed by atoms with Gasteiger partial charge in [-0.25, -0.2) is 4.98 Å². The average Bonchev–Trinajstić information content (AvgIpc) is 2.61. The number of carbonyl (C=O) groups is 2. The lowest BCUT2D eigenvalue weighted by atomic mass is 10.1. The summed E-state index contributed by atoms with van der Waals surface area (Å²) in [7, 11) is 0. The van der Waals surface area contributed by atoms with Crippen LogP contribution in [0.2, 0.25) is 0 Å². The summed E-state index contributed by atoms with van der Waals surface area (Å²) in [4.78, 5) is 32.0. The van der Waals surface area contributed by atoms with Gasteiger partial charge in [-0.3, -0.25) is 9.59 Å². The summed E-state index contributed by atoms with van der Waals surface area (Å²) in [6.45, 7) is 3.34. The first-order valence-electron chi connectivity index (χ1n) is 8.61. The fourth-order valence-corrected chi connectivity index (χ4v) is 2.94. The van der Waals surface area contributed by atoms with Crippen molar-refractivity contribution < 1.29 is 9.59 Å². The Morgan fingerprint density at radius 2 is 1.79 bits per heavy atom. The van der Waals surface area contributed by atoms with Gasteiger partial charge in [0.15, 0.2) is 0 Å². The molecular weight excluding hydrogens is 306 g/mol. The first-order valence-corrected chi connectivity index (χ1v) is 8.61. The molecule has 0 bridgehead atoms. The molecule has 2 amide bonds. The maximum atomic E-state index is 12.2. The topological polar surface area (TPSA) is 106 Å². The molecule has 4 N–H and O–H groups in total. The summed E-state index contributed by atoms with van der Waals surface area (Å²) in [6.07, 6.45) is 6.34.